The highest BCUT2D eigenvalue weighted by Gasteiger charge is 2.30. The van der Waals surface area contributed by atoms with Crippen molar-refractivity contribution in [1.82, 2.24) is 19.7 Å². The lowest BCUT2D eigenvalue weighted by Crippen LogP contribution is -2.37. The number of rotatable bonds is 5. The van der Waals surface area contributed by atoms with E-state index in [1.807, 2.05) is 20.8 Å². The van der Waals surface area contributed by atoms with Gasteiger partial charge in [0.05, 0.1) is 5.56 Å². The minimum Gasteiger partial charge on any atom is -0.351 e. The van der Waals surface area contributed by atoms with Crippen LogP contribution in [0.5, 0.6) is 0 Å². The van der Waals surface area contributed by atoms with Crippen molar-refractivity contribution in [2.75, 3.05) is 31.3 Å². The second-order valence-electron chi connectivity index (χ2n) is 7.94. The van der Waals surface area contributed by atoms with E-state index in [-0.39, 0.29) is 29.4 Å². The maximum atomic E-state index is 12.8. The lowest BCUT2D eigenvalue weighted by molar-refractivity contribution is -0.137. The number of carbonyl (C=O) groups is 2. The van der Waals surface area contributed by atoms with Gasteiger partial charge in [-0.2, -0.15) is 17.9 Å². The van der Waals surface area contributed by atoms with Crippen LogP contribution in [0.15, 0.2) is 29.4 Å². The zero-order valence-corrected chi connectivity index (χ0v) is 18.7. The molecule has 0 aliphatic heterocycles. The molecule has 0 aliphatic carbocycles. The van der Waals surface area contributed by atoms with E-state index < -0.39 is 17.8 Å². The normalized spacial score (nSPS) is 12.0. The fourth-order valence-electron chi connectivity index (χ4n) is 2.45. The van der Waals surface area contributed by atoms with Gasteiger partial charge in [0.1, 0.15) is 0 Å². The van der Waals surface area contributed by atoms with Crippen LogP contribution < -0.4 is 10.6 Å². The second-order valence-corrected chi connectivity index (χ2v) is 9.00. The number of nitrogens with two attached hydrogens (primary N) is 1. The van der Waals surface area contributed by atoms with E-state index in [0.717, 1.165) is 17.0 Å². The van der Waals surface area contributed by atoms with Crippen LogP contribution in [0, 0.1) is 0 Å². The highest BCUT2D eigenvalue weighted by molar-refractivity contribution is 7.99. The summed E-state index contributed by atoms with van der Waals surface area (Å²) in [6.45, 7) is 5.85. The molecule has 8 nitrogen and oxygen atoms in total. The molecule has 0 bridgehead atoms. The van der Waals surface area contributed by atoms with E-state index in [2.05, 4.69) is 10.1 Å². The summed E-state index contributed by atoms with van der Waals surface area (Å²) < 4.78 is 39.5. The van der Waals surface area contributed by atoms with Gasteiger partial charge < -0.3 is 10.6 Å². The number of primary amides is 1. The fourth-order valence-corrected chi connectivity index (χ4v) is 3.30. The van der Waals surface area contributed by atoms with Gasteiger partial charge >= 0.3 is 18.2 Å². The SMILES string of the molecule is CN(C)C(=O)n1nc(C(C)(C)C)nc1SCCN(C(N)=O)c1ccc(C(F)(F)F)cc1. The zero-order chi connectivity index (χ0) is 23.6. The maximum absolute atomic E-state index is 12.8. The molecule has 0 unspecified atom stereocenters. The number of benzene rings is 1. The van der Waals surface area contributed by atoms with E-state index in [4.69, 9.17) is 5.73 Å². The van der Waals surface area contributed by atoms with E-state index >= 15 is 0 Å². The Labute approximate surface area is 182 Å². The molecular formula is C19H25F3N6O2S. The maximum Gasteiger partial charge on any atom is 0.416 e. The molecule has 1 aromatic heterocycles. The van der Waals surface area contributed by atoms with Crippen LogP contribution in [0.4, 0.5) is 28.4 Å². The van der Waals surface area contributed by atoms with Gasteiger partial charge in [0, 0.05) is 37.5 Å². The molecule has 0 fully saturated rings. The van der Waals surface area contributed by atoms with Gasteiger partial charge in [-0.1, -0.05) is 32.5 Å². The molecule has 0 atom stereocenters. The van der Waals surface area contributed by atoms with Crippen LogP contribution in [0.1, 0.15) is 32.2 Å². The summed E-state index contributed by atoms with van der Waals surface area (Å²) in [4.78, 5) is 31.3. The van der Waals surface area contributed by atoms with E-state index in [1.165, 1.54) is 33.5 Å². The number of anilines is 1. The van der Waals surface area contributed by atoms with Crippen LogP contribution >= 0.6 is 11.8 Å². The Morgan fingerprint density at radius 3 is 2.16 bits per heavy atom. The second kappa shape index (κ2) is 9.16. The van der Waals surface area contributed by atoms with Crippen molar-refractivity contribution < 1.29 is 22.8 Å². The predicted octanol–water partition coefficient (Wildman–Crippen LogP) is 3.80. The molecule has 3 amide bonds. The molecule has 0 spiro atoms. The van der Waals surface area contributed by atoms with Gasteiger partial charge in [-0.3, -0.25) is 4.90 Å². The fraction of sp³-hybridized carbons (Fsp3) is 0.474. The van der Waals surface area contributed by atoms with Crippen molar-refractivity contribution >= 4 is 29.5 Å². The number of alkyl halides is 3. The average Bonchev–Trinajstić information content (AvgIpc) is 3.08. The number of hydrogen-bond donors (Lipinski definition) is 1. The van der Waals surface area contributed by atoms with Gasteiger partial charge in [0.2, 0.25) is 0 Å². The van der Waals surface area contributed by atoms with Crippen molar-refractivity contribution in [1.29, 1.82) is 0 Å². The van der Waals surface area contributed by atoms with Gasteiger partial charge in [-0.05, 0) is 24.3 Å². The van der Waals surface area contributed by atoms with Crippen molar-refractivity contribution in [3.05, 3.63) is 35.7 Å². The van der Waals surface area contributed by atoms with E-state index in [1.54, 1.807) is 14.1 Å². The highest BCUT2D eigenvalue weighted by Crippen LogP contribution is 2.31. The third-order valence-electron chi connectivity index (χ3n) is 4.13. The van der Waals surface area contributed by atoms with Gasteiger partial charge in [-0.15, -0.1) is 5.10 Å². The molecular weight excluding hydrogens is 433 g/mol. The average molecular weight is 459 g/mol. The van der Waals surface area contributed by atoms with Crippen LogP contribution in [-0.4, -0.2) is 58.1 Å². The summed E-state index contributed by atoms with van der Waals surface area (Å²) in [7, 11) is 3.18. The van der Waals surface area contributed by atoms with Crippen LogP contribution in [0.2, 0.25) is 0 Å². The molecule has 2 rings (SSSR count). The number of halogens is 3. The summed E-state index contributed by atoms with van der Waals surface area (Å²) in [6.07, 6.45) is -4.47. The standard InChI is InChI=1S/C19H25F3N6O2S/c1-18(2,3)14-24-16(28(25-14)17(30)26(4)5)31-11-10-27(15(23)29)13-8-6-12(7-9-13)19(20,21)22/h6-9H,10-11H2,1-5H3,(H2,23,29). The van der Waals surface area contributed by atoms with Crippen LogP contribution in [-0.2, 0) is 11.6 Å². The molecule has 1 heterocycles. The largest absolute Gasteiger partial charge is 0.416 e. The molecule has 0 radical (unpaired) electrons. The molecule has 2 aromatic rings. The first-order valence-corrected chi connectivity index (χ1v) is 10.3. The summed E-state index contributed by atoms with van der Waals surface area (Å²) in [6, 6.07) is 2.98. The first-order chi connectivity index (χ1) is 14.2. The van der Waals surface area contributed by atoms with Crippen LogP contribution in [0.25, 0.3) is 0 Å². The van der Waals surface area contributed by atoms with Gasteiger partial charge in [0.25, 0.3) is 0 Å². The topological polar surface area (TPSA) is 97.3 Å². The van der Waals surface area contributed by atoms with Crippen molar-refractivity contribution in [2.24, 2.45) is 5.73 Å². The summed E-state index contributed by atoms with van der Waals surface area (Å²) in [5.41, 5.74) is 4.45. The Hall–Kier alpha value is -2.76. The Balaban J connectivity index is 2.18. The third kappa shape index (κ3) is 6.12. The summed E-state index contributed by atoms with van der Waals surface area (Å²) >= 11 is 1.19. The number of hydrogen-bond acceptors (Lipinski definition) is 5. The number of amides is 3. The van der Waals surface area contributed by atoms with Gasteiger partial charge in [0.15, 0.2) is 11.0 Å². The van der Waals surface area contributed by atoms with Crippen molar-refractivity contribution in [3.63, 3.8) is 0 Å². The quantitative estimate of drug-likeness (QED) is 0.688. The number of carbonyl (C=O) groups excluding carboxylic acids is 2. The minimum absolute atomic E-state index is 0.0965. The molecule has 12 heteroatoms. The lowest BCUT2D eigenvalue weighted by atomic mass is 9.96. The number of nitrogens with zero attached hydrogens (tertiary/aromatic N) is 5. The monoisotopic (exact) mass is 458 g/mol. The molecule has 1 aromatic carbocycles. The zero-order valence-electron chi connectivity index (χ0n) is 17.9. The molecule has 0 saturated carbocycles. The molecule has 0 saturated heterocycles. The Kier molecular flexibility index (Phi) is 7.25. The van der Waals surface area contributed by atoms with E-state index in [0.29, 0.717) is 11.0 Å². The predicted molar refractivity (Wildman–Crippen MR) is 112 cm³/mol. The van der Waals surface area contributed by atoms with Gasteiger partial charge in [-0.25, -0.2) is 14.6 Å². The lowest BCUT2D eigenvalue weighted by Gasteiger charge is -2.21. The number of aromatic nitrogens is 3. The van der Waals surface area contributed by atoms with E-state index in [9.17, 15) is 22.8 Å². The third-order valence-corrected chi connectivity index (χ3v) is 5.04. The molecule has 170 valence electrons. The molecule has 0 aliphatic rings. The van der Waals surface area contributed by atoms with Crippen molar-refractivity contribution in [3.8, 4) is 0 Å². The molecule has 2 N–H and O–H groups in total. The summed E-state index contributed by atoms with van der Waals surface area (Å²) in [5.74, 6) is 0.771. The number of thioether (sulfide) groups is 1. The minimum atomic E-state index is -4.47. The molecule has 31 heavy (non-hydrogen) atoms. The Morgan fingerprint density at radius 1 is 1.13 bits per heavy atom. The van der Waals surface area contributed by atoms with Crippen molar-refractivity contribution in [2.45, 2.75) is 37.5 Å². The highest BCUT2D eigenvalue weighted by atomic mass is 32.2. The summed E-state index contributed by atoms with van der Waals surface area (Å²) in [5, 5.41) is 4.66. The Morgan fingerprint density at radius 2 is 1.71 bits per heavy atom. The first-order valence-electron chi connectivity index (χ1n) is 9.28. The number of urea groups is 1. The van der Waals surface area contributed by atoms with Crippen LogP contribution in [0.3, 0.4) is 0 Å². The smallest absolute Gasteiger partial charge is 0.351 e. The Bertz CT molecular complexity index is 936. The first kappa shape index (κ1) is 24.5.